The molecule has 1 aromatic heterocycles. The summed E-state index contributed by atoms with van der Waals surface area (Å²) in [6, 6.07) is 4.93. The number of carbonyl (C=O) groups is 1. The zero-order valence-electron chi connectivity index (χ0n) is 15.5. The fourth-order valence-corrected chi connectivity index (χ4v) is 2.91. The Labute approximate surface area is 166 Å². The molecular weight excluding hydrogens is 418 g/mol. The average molecular weight is 442 g/mol. The van der Waals surface area contributed by atoms with Gasteiger partial charge >= 0.3 is 5.63 Å². The lowest BCUT2D eigenvalue weighted by Crippen LogP contribution is -2.32. The number of hydrogen-bond acceptors (Lipinski definition) is 6. The molecule has 0 unspecified atom stereocenters. The van der Waals surface area contributed by atoms with Gasteiger partial charge in [-0.05, 0) is 40.9 Å². The van der Waals surface area contributed by atoms with Crippen LogP contribution in [0.5, 0.6) is 5.75 Å². The fraction of sp³-hybridized carbons (Fsp3) is 0.474. The van der Waals surface area contributed by atoms with Crippen LogP contribution in [0.1, 0.15) is 19.4 Å². The normalized spacial score (nSPS) is 10.9. The number of hydrogen-bond donors (Lipinski definition) is 1. The molecule has 1 amide bonds. The highest BCUT2D eigenvalue weighted by Gasteiger charge is 2.11. The van der Waals surface area contributed by atoms with Crippen molar-refractivity contribution in [3.05, 3.63) is 38.7 Å². The number of amides is 1. The standard InChI is InChI=1S/C19H24BrNO6/c1-3-13-9-19(23)27-16-11-17(15(20)10-14(13)16)26-12-18(22)21-5-6-25-8-7-24-4-2/h9-11H,3-8,12H2,1-2H3,(H,21,22). The van der Waals surface area contributed by atoms with Crippen molar-refractivity contribution in [2.24, 2.45) is 0 Å². The number of ether oxygens (including phenoxy) is 3. The molecule has 0 radical (unpaired) electrons. The Balaban J connectivity index is 1.86. The van der Waals surface area contributed by atoms with Gasteiger partial charge < -0.3 is 23.9 Å². The van der Waals surface area contributed by atoms with Crippen LogP contribution < -0.4 is 15.7 Å². The molecule has 0 bridgehead atoms. The van der Waals surface area contributed by atoms with Crippen LogP contribution in [-0.2, 0) is 20.7 Å². The van der Waals surface area contributed by atoms with E-state index in [1.807, 2.05) is 19.9 Å². The van der Waals surface area contributed by atoms with Gasteiger partial charge in [0.25, 0.3) is 5.91 Å². The number of carbonyl (C=O) groups excluding carboxylic acids is 1. The summed E-state index contributed by atoms with van der Waals surface area (Å²) in [6.45, 7) is 6.23. The Hall–Kier alpha value is -1.90. The first-order valence-electron chi connectivity index (χ1n) is 8.86. The first-order valence-corrected chi connectivity index (χ1v) is 9.65. The minimum Gasteiger partial charge on any atom is -0.482 e. The highest BCUT2D eigenvalue weighted by molar-refractivity contribution is 9.10. The van der Waals surface area contributed by atoms with E-state index >= 15 is 0 Å². The minimum atomic E-state index is -0.408. The van der Waals surface area contributed by atoms with Crippen molar-refractivity contribution in [2.45, 2.75) is 20.3 Å². The molecule has 0 spiro atoms. The molecule has 0 saturated heterocycles. The number of halogens is 1. The largest absolute Gasteiger partial charge is 0.482 e. The molecule has 0 fully saturated rings. The van der Waals surface area contributed by atoms with Crippen molar-refractivity contribution >= 4 is 32.8 Å². The smallest absolute Gasteiger partial charge is 0.336 e. The maximum Gasteiger partial charge on any atom is 0.336 e. The Kier molecular flexibility index (Phi) is 8.77. The first kappa shape index (κ1) is 21.4. The summed E-state index contributed by atoms with van der Waals surface area (Å²) >= 11 is 3.43. The van der Waals surface area contributed by atoms with Gasteiger partial charge in [0.05, 0.1) is 24.3 Å². The molecule has 0 aliphatic rings. The van der Waals surface area contributed by atoms with Gasteiger partial charge in [0.1, 0.15) is 11.3 Å². The van der Waals surface area contributed by atoms with Crippen LogP contribution in [0.2, 0.25) is 0 Å². The summed E-state index contributed by atoms with van der Waals surface area (Å²) in [5.41, 5.74) is 0.922. The van der Waals surface area contributed by atoms with Crippen LogP contribution in [0.25, 0.3) is 11.0 Å². The van der Waals surface area contributed by atoms with Crippen molar-refractivity contribution in [1.82, 2.24) is 5.32 Å². The molecule has 1 heterocycles. The maximum atomic E-state index is 11.9. The van der Waals surface area contributed by atoms with E-state index in [9.17, 15) is 9.59 Å². The summed E-state index contributed by atoms with van der Waals surface area (Å²) in [7, 11) is 0. The zero-order chi connectivity index (χ0) is 19.6. The third-order valence-corrected chi connectivity index (χ3v) is 4.39. The Bertz CT molecular complexity index is 820. The highest BCUT2D eigenvalue weighted by Crippen LogP contribution is 2.31. The second kappa shape index (κ2) is 11.1. The zero-order valence-corrected chi connectivity index (χ0v) is 17.1. The molecule has 2 rings (SSSR count). The molecule has 0 aliphatic heterocycles. The molecule has 0 atom stereocenters. The molecule has 148 valence electrons. The van der Waals surface area contributed by atoms with Crippen molar-refractivity contribution in [3.63, 3.8) is 0 Å². The SMILES string of the molecule is CCOCCOCCNC(=O)COc1cc2oc(=O)cc(CC)c2cc1Br. The predicted octanol–water partition coefficient (Wildman–Crippen LogP) is 2.67. The number of rotatable bonds is 11. The molecule has 1 N–H and O–H groups in total. The number of nitrogens with one attached hydrogen (secondary N) is 1. The summed E-state index contributed by atoms with van der Waals surface area (Å²) in [6.07, 6.45) is 0.712. The van der Waals surface area contributed by atoms with Crippen molar-refractivity contribution in [1.29, 1.82) is 0 Å². The van der Waals surface area contributed by atoms with Gasteiger partial charge in [-0.1, -0.05) is 6.92 Å². The molecule has 8 heteroatoms. The van der Waals surface area contributed by atoms with Gasteiger partial charge in [-0.3, -0.25) is 4.79 Å². The van der Waals surface area contributed by atoms with E-state index < -0.39 is 5.63 Å². The Morgan fingerprint density at radius 1 is 1.15 bits per heavy atom. The van der Waals surface area contributed by atoms with Crippen LogP contribution in [0.15, 0.2) is 31.9 Å². The topological polar surface area (TPSA) is 87.0 Å². The van der Waals surface area contributed by atoms with Gasteiger partial charge in [-0.15, -0.1) is 0 Å². The molecule has 0 aliphatic carbocycles. The quantitative estimate of drug-likeness (QED) is 0.426. The van der Waals surface area contributed by atoms with Gasteiger partial charge in [-0.2, -0.15) is 0 Å². The van der Waals surface area contributed by atoms with Crippen molar-refractivity contribution in [2.75, 3.05) is 39.6 Å². The number of fused-ring (bicyclic) bond motifs is 1. The molecule has 0 saturated carbocycles. The molecule has 2 aromatic rings. The van der Waals surface area contributed by atoms with Crippen LogP contribution >= 0.6 is 15.9 Å². The Morgan fingerprint density at radius 2 is 1.93 bits per heavy atom. The summed E-state index contributed by atoms with van der Waals surface area (Å²) in [5, 5.41) is 3.55. The lowest BCUT2D eigenvalue weighted by molar-refractivity contribution is -0.123. The Morgan fingerprint density at radius 3 is 2.67 bits per heavy atom. The van der Waals surface area contributed by atoms with Crippen molar-refractivity contribution < 1.29 is 23.4 Å². The van der Waals surface area contributed by atoms with Crippen LogP contribution in [0.4, 0.5) is 0 Å². The van der Waals surface area contributed by atoms with E-state index in [4.69, 9.17) is 18.6 Å². The minimum absolute atomic E-state index is 0.152. The van der Waals surface area contributed by atoms with Gasteiger partial charge in [0.15, 0.2) is 6.61 Å². The van der Waals surface area contributed by atoms with Gasteiger partial charge in [-0.25, -0.2) is 4.79 Å². The van der Waals surface area contributed by atoms with E-state index in [0.29, 0.717) is 55.2 Å². The predicted molar refractivity (Wildman–Crippen MR) is 105 cm³/mol. The average Bonchev–Trinajstić information content (AvgIpc) is 2.65. The number of benzene rings is 1. The third-order valence-electron chi connectivity index (χ3n) is 3.77. The lowest BCUT2D eigenvalue weighted by Gasteiger charge is -2.11. The summed E-state index contributed by atoms with van der Waals surface area (Å²) in [5.74, 6) is 0.168. The van der Waals surface area contributed by atoms with E-state index in [1.165, 1.54) is 6.07 Å². The summed E-state index contributed by atoms with van der Waals surface area (Å²) < 4.78 is 21.9. The van der Waals surface area contributed by atoms with E-state index in [2.05, 4.69) is 21.2 Å². The highest BCUT2D eigenvalue weighted by atomic mass is 79.9. The van der Waals surface area contributed by atoms with Gasteiger partial charge in [0.2, 0.25) is 0 Å². The lowest BCUT2D eigenvalue weighted by atomic mass is 10.1. The van der Waals surface area contributed by atoms with Crippen LogP contribution in [0, 0.1) is 0 Å². The summed E-state index contributed by atoms with van der Waals surface area (Å²) in [4.78, 5) is 23.5. The maximum absolute atomic E-state index is 11.9. The third kappa shape index (κ3) is 6.64. The molecular formula is C19H24BrNO6. The first-order chi connectivity index (χ1) is 13.0. The fourth-order valence-electron chi connectivity index (χ4n) is 2.45. The van der Waals surface area contributed by atoms with Crippen LogP contribution in [0.3, 0.4) is 0 Å². The second-order valence-electron chi connectivity index (χ2n) is 5.67. The molecule has 1 aromatic carbocycles. The second-order valence-corrected chi connectivity index (χ2v) is 6.53. The molecule has 27 heavy (non-hydrogen) atoms. The van der Waals surface area contributed by atoms with E-state index in [1.54, 1.807) is 6.07 Å². The van der Waals surface area contributed by atoms with E-state index in [0.717, 1.165) is 10.9 Å². The van der Waals surface area contributed by atoms with E-state index in [-0.39, 0.29) is 12.5 Å². The number of aryl methyl sites for hydroxylation is 1. The van der Waals surface area contributed by atoms with Crippen molar-refractivity contribution in [3.8, 4) is 5.75 Å². The van der Waals surface area contributed by atoms with Crippen LogP contribution in [-0.4, -0.2) is 45.5 Å². The van der Waals surface area contributed by atoms with Gasteiger partial charge in [0, 0.05) is 30.7 Å². The monoisotopic (exact) mass is 441 g/mol. The molecule has 7 nitrogen and oxygen atoms in total.